The van der Waals surface area contributed by atoms with Gasteiger partial charge in [0, 0.05) is 27.4 Å². The lowest BCUT2D eigenvalue weighted by Crippen LogP contribution is -2.42. The van der Waals surface area contributed by atoms with Crippen molar-refractivity contribution >= 4 is 21.2 Å². The highest BCUT2D eigenvalue weighted by atomic mass is 35.5. The molecular formula is C26H63ClN2O3Si. The molecule has 0 fully saturated rings. The molecule has 0 radical (unpaired) electrons. The van der Waals surface area contributed by atoms with Crippen LogP contribution in [0.4, 0.5) is 0 Å². The molecule has 0 aromatic rings. The lowest BCUT2D eigenvalue weighted by atomic mass is 10.0. The normalized spacial score (nSPS) is 10.9. The molecule has 0 saturated carbocycles. The summed E-state index contributed by atoms with van der Waals surface area (Å²) in [6, 6.07) is 0.885. The minimum atomic E-state index is -2.22. The van der Waals surface area contributed by atoms with Crippen molar-refractivity contribution < 1.29 is 13.3 Å². The van der Waals surface area contributed by atoms with Crippen molar-refractivity contribution in [3.63, 3.8) is 0 Å². The van der Waals surface area contributed by atoms with E-state index in [0.29, 0.717) is 0 Å². The number of nitrogens with zero attached hydrogens (tertiary/aromatic N) is 1. The van der Waals surface area contributed by atoms with E-state index in [-0.39, 0.29) is 18.6 Å². The Morgan fingerprint density at radius 1 is 0.515 bits per heavy atom. The SMILES string of the molecule is CCCCCCCCCCCCCCCCCCN(C)C.CCC[Si](OC)(OC)OC.Cl.N. The molecule has 0 aliphatic heterocycles. The highest BCUT2D eigenvalue weighted by Crippen LogP contribution is 2.14. The molecule has 5 nitrogen and oxygen atoms in total. The maximum atomic E-state index is 5.17. The maximum absolute atomic E-state index is 5.17. The highest BCUT2D eigenvalue weighted by molar-refractivity contribution is 6.60. The molecule has 0 aromatic heterocycles. The summed E-state index contributed by atoms with van der Waals surface area (Å²) in [6.07, 6.45) is 24.3. The molecule has 0 aliphatic carbocycles. The Kier molecular flexibility index (Phi) is 39.6. The Hall–Kier alpha value is 0.307. The van der Waals surface area contributed by atoms with Crippen LogP contribution < -0.4 is 6.15 Å². The van der Waals surface area contributed by atoms with E-state index < -0.39 is 8.80 Å². The van der Waals surface area contributed by atoms with E-state index >= 15 is 0 Å². The number of rotatable bonds is 22. The fraction of sp³-hybridized carbons (Fsp3) is 1.00. The van der Waals surface area contributed by atoms with Crippen LogP contribution in [0.2, 0.25) is 6.04 Å². The Bertz CT molecular complexity index is 328. The van der Waals surface area contributed by atoms with Gasteiger partial charge in [-0.05, 0) is 27.1 Å². The van der Waals surface area contributed by atoms with Crippen molar-refractivity contribution in [2.24, 2.45) is 0 Å². The summed E-state index contributed by atoms with van der Waals surface area (Å²) in [5.74, 6) is 0. The minimum Gasteiger partial charge on any atom is -0.377 e. The van der Waals surface area contributed by atoms with E-state index in [2.05, 4.69) is 32.8 Å². The zero-order chi connectivity index (χ0) is 23.6. The first-order chi connectivity index (χ1) is 15.0. The third kappa shape index (κ3) is 30.3. The molecule has 0 amide bonds. The average Bonchev–Trinajstić information content (AvgIpc) is 2.77. The number of halogens is 1. The van der Waals surface area contributed by atoms with Gasteiger partial charge in [-0.15, -0.1) is 12.4 Å². The fourth-order valence-corrected chi connectivity index (χ4v) is 5.56. The van der Waals surface area contributed by atoms with Crippen LogP contribution in [-0.4, -0.2) is 55.7 Å². The Balaban J connectivity index is -0.000000298. The maximum Gasteiger partial charge on any atom is 0.500 e. The van der Waals surface area contributed by atoms with Gasteiger partial charge in [0.2, 0.25) is 0 Å². The molecule has 33 heavy (non-hydrogen) atoms. The standard InChI is InChI=1S/C20H43N.C6H16O3Si.ClH.H3N/c1-4-5-6-7-8-9-10-11-12-13-14-15-16-17-18-19-20-21(2)3;1-5-6-10(7-2,8-3)9-4;;/h4-20H2,1-3H3;5-6H2,1-4H3;1H;1H3. The topological polar surface area (TPSA) is 65.9 Å². The lowest BCUT2D eigenvalue weighted by molar-refractivity contribution is 0.123. The van der Waals surface area contributed by atoms with Crippen LogP contribution in [-0.2, 0) is 13.3 Å². The monoisotopic (exact) mass is 514 g/mol. The summed E-state index contributed by atoms with van der Waals surface area (Å²) in [4.78, 5) is 2.30. The molecule has 0 aliphatic rings. The van der Waals surface area contributed by atoms with E-state index in [1.165, 1.54) is 109 Å². The van der Waals surface area contributed by atoms with Gasteiger partial charge in [0.1, 0.15) is 0 Å². The highest BCUT2D eigenvalue weighted by Gasteiger charge is 2.36. The van der Waals surface area contributed by atoms with Crippen LogP contribution in [0.5, 0.6) is 0 Å². The molecule has 0 rings (SSSR count). The van der Waals surface area contributed by atoms with Crippen molar-refractivity contribution in [1.82, 2.24) is 11.1 Å². The van der Waals surface area contributed by atoms with E-state index in [1.807, 2.05) is 0 Å². The molecule has 7 heteroatoms. The number of hydrogen-bond acceptors (Lipinski definition) is 5. The predicted molar refractivity (Wildman–Crippen MR) is 152 cm³/mol. The lowest BCUT2D eigenvalue weighted by Gasteiger charge is -2.23. The first kappa shape index (κ1) is 40.5. The van der Waals surface area contributed by atoms with Crippen molar-refractivity contribution in [2.45, 2.75) is 129 Å². The summed E-state index contributed by atoms with van der Waals surface area (Å²) in [5.41, 5.74) is 0. The van der Waals surface area contributed by atoms with Crippen LogP contribution in [0, 0.1) is 0 Å². The first-order valence-electron chi connectivity index (χ1n) is 13.3. The fourth-order valence-electron chi connectivity index (χ4n) is 3.84. The van der Waals surface area contributed by atoms with Gasteiger partial charge in [0.25, 0.3) is 0 Å². The number of unbranched alkanes of at least 4 members (excludes halogenated alkanes) is 15. The van der Waals surface area contributed by atoms with Gasteiger partial charge >= 0.3 is 8.80 Å². The van der Waals surface area contributed by atoms with E-state index in [0.717, 1.165) is 12.5 Å². The second kappa shape index (κ2) is 32.3. The summed E-state index contributed by atoms with van der Waals surface area (Å²) in [5, 5.41) is 0. The van der Waals surface area contributed by atoms with Crippen LogP contribution >= 0.6 is 12.4 Å². The van der Waals surface area contributed by atoms with Crippen molar-refractivity contribution in [3.05, 3.63) is 0 Å². The van der Waals surface area contributed by atoms with Gasteiger partial charge in [0.15, 0.2) is 0 Å². The molecule has 0 unspecified atom stereocenters. The van der Waals surface area contributed by atoms with Gasteiger partial charge in [-0.1, -0.05) is 117 Å². The zero-order valence-corrected chi connectivity index (χ0v) is 25.5. The van der Waals surface area contributed by atoms with Crippen LogP contribution in [0.1, 0.15) is 123 Å². The Labute approximate surface area is 216 Å². The van der Waals surface area contributed by atoms with E-state index in [9.17, 15) is 0 Å². The quantitative estimate of drug-likeness (QED) is 0.115. The Morgan fingerprint density at radius 3 is 1.03 bits per heavy atom. The average molecular weight is 515 g/mol. The first-order valence-corrected chi connectivity index (χ1v) is 15.2. The molecule has 206 valence electrons. The van der Waals surface area contributed by atoms with Crippen LogP contribution in [0.25, 0.3) is 0 Å². The van der Waals surface area contributed by atoms with Crippen LogP contribution in [0.3, 0.4) is 0 Å². The largest absolute Gasteiger partial charge is 0.500 e. The molecule has 3 N–H and O–H groups in total. The second-order valence-electron chi connectivity index (χ2n) is 9.15. The van der Waals surface area contributed by atoms with E-state index in [1.54, 1.807) is 21.3 Å². The molecule has 0 heterocycles. The second-order valence-corrected chi connectivity index (χ2v) is 12.2. The number of hydrogen-bond donors (Lipinski definition) is 1. The molecule has 0 spiro atoms. The smallest absolute Gasteiger partial charge is 0.377 e. The molecular weight excluding hydrogens is 452 g/mol. The molecule has 0 atom stereocenters. The van der Waals surface area contributed by atoms with Crippen molar-refractivity contribution in [1.29, 1.82) is 0 Å². The molecule has 0 aromatic carbocycles. The van der Waals surface area contributed by atoms with Gasteiger partial charge in [-0.3, -0.25) is 0 Å². The summed E-state index contributed by atoms with van der Waals surface area (Å²) >= 11 is 0. The molecule has 0 saturated heterocycles. The zero-order valence-electron chi connectivity index (χ0n) is 23.7. The van der Waals surface area contributed by atoms with Gasteiger partial charge < -0.3 is 24.3 Å². The Morgan fingerprint density at radius 2 is 0.818 bits per heavy atom. The summed E-state index contributed by atoms with van der Waals surface area (Å²) in [6.45, 7) is 5.64. The van der Waals surface area contributed by atoms with Gasteiger partial charge in [-0.2, -0.15) is 0 Å². The van der Waals surface area contributed by atoms with Crippen molar-refractivity contribution in [2.75, 3.05) is 42.0 Å². The minimum absolute atomic E-state index is 0. The van der Waals surface area contributed by atoms with Gasteiger partial charge in [-0.25, -0.2) is 0 Å². The van der Waals surface area contributed by atoms with Gasteiger partial charge in [0.05, 0.1) is 0 Å². The molecule has 0 bridgehead atoms. The van der Waals surface area contributed by atoms with E-state index in [4.69, 9.17) is 13.3 Å². The predicted octanol–water partition coefficient (Wildman–Crippen LogP) is 8.67. The van der Waals surface area contributed by atoms with Crippen molar-refractivity contribution in [3.8, 4) is 0 Å². The third-order valence-corrected chi connectivity index (χ3v) is 8.93. The summed E-state index contributed by atoms with van der Waals surface area (Å²) < 4.78 is 15.5. The van der Waals surface area contributed by atoms with Crippen LogP contribution in [0.15, 0.2) is 0 Å². The third-order valence-electron chi connectivity index (χ3n) is 5.95. The summed E-state index contributed by atoms with van der Waals surface area (Å²) in [7, 11) is 7.03.